The van der Waals surface area contributed by atoms with E-state index in [0.717, 1.165) is 43.0 Å². The van der Waals surface area contributed by atoms with Gasteiger partial charge in [0.2, 0.25) is 0 Å². The molecule has 2 amide bonds. The van der Waals surface area contributed by atoms with Crippen LogP contribution >= 0.6 is 0 Å². The molecule has 9 nitrogen and oxygen atoms in total. The van der Waals surface area contributed by atoms with Gasteiger partial charge in [0.15, 0.2) is 5.69 Å². The Labute approximate surface area is 275 Å². The summed E-state index contributed by atoms with van der Waals surface area (Å²) in [6.07, 6.45) is -1.99. The highest BCUT2D eigenvalue weighted by Crippen LogP contribution is 2.35. The summed E-state index contributed by atoms with van der Waals surface area (Å²) in [5.41, 5.74) is 0.660. The second-order valence-electron chi connectivity index (χ2n) is 12.8. The van der Waals surface area contributed by atoms with Crippen LogP contribution in [0.4, 0.5) is 34.6 Å². The molecule has 0 bridgehead atoms. The monoisotopic (exact) mass is 667 g/mol. The predicted octanol–water partition coefficient (Wildman–Crippen LogP) is 7.68. The summed E-state index contributed by atoms with van der Waals surface area (Å²) in [6, 6.07) is 12.6. The molecule has 2 heterocycles. The number of halogens is 4. The van der Waals surface area contributed by atoms with Crippen LogP contribution in [0.1, 0.15) is 79.4 Å². The van der Waals surface area contributed by atoms with E-state index in [2.05, 4.69) is 20.6 Å². The fourth-order valence-corrected chi connectivity index (χ4v) is 5.62. The Bertz CT molecular complexity index is 1840. The Kier molecular flexibility index (Phi) is 9.79. The molecule has 0 spiro atoms. The number of piperidine rings is 1. The first-order valence-electron chi connectivity index (χ1n) is 15.7. The van der Waals surface area contributed by atoms with Crippen LogP contribution in [-0.2, 0) is 16.0 Å². The first-order chi connectivity index (χ1) is 22.6. The molecule has 5 rings (SSSR count). The van der Waals surface area contributed by atoms with Gasteiger partial charge in [-0.3, -0.25) is 19.1 Å². The largest absolute Gasteiger partial charge is 0.460 e. The number of anilines is 3. The zero-order chi connectivity index (χ0) is 34.8. The van der Waals surface area contributed by atoms with Gasteiger partial charge in [0.05, 0.1) is 23.3 Å². The molecular weight excluding hydrogens is 630 g/mol. The molecule has 1 unspecified atom stereocenters. The van der Waals surface area contributed by atoms with E-state index in [4.69, 9.17) is 4.74 Å². The first-order valence-corrected chi connectivity index (χ1v) is 15.7. The minimum Gasteiger partial charge on any atom is -0.460 e. The molecule has 48 heavy (non-hydrogen) atoms. The predicted molar refractivity (Wildman–Crippen MR) is 175 cm³/mol. The average molecular weight is 668 g/mol. The number of rotatable bonds is 8. The van der Waals surface area contributed by atoms with Crippen LogP contribution < -0.4 is 15.5 Å². The van der Waals surface area contributed by atoms with Gasteiger partial charge in [-0.15, -0.1) is 0 Å². The zero-order valence-electron chi connectivity index (χ0n) is 27.1. The summed E-state index contributed by atoms with van der Waals surface area (Å²) < 4.78 is 61.4. The maximum absolute atomic E-state index is 14.2. The SMILES string of the molecule is CC(n1nc(C(=O)Nc2cc(C(=O)Nc3ccc(F)cc3CC(=O)OC(C)(C)C)ccc2N2CCCCC2)c2ccccc21)C(F)(F)F. The number of hydrogen-bond donors (Lipinski definition) is 2. The highest BCUT2D eigenvalue weighted by molar-refractivity contribution is 6.13. The van der Waals surface area contributed by atoms with E-state index >= 15 is 0 Å². The Hall–Kier alpha value is -4.94. The smallest absolute Gasteiger partial charge is 0.410 e. The number of carbonyl (C=O) groups excluding carboxylic acids is 3. The van der Waals surface area contributed by atoms with E-state index in [1.807, 2.05) is 0 Å². The van der Waals surface area contributed by atoms with Crippen LogP contribution in [0.15, 0.2) is 60.7 Å². The molecule has 1 aliphatic heterocycles. The van der Waals surface area contributed by atoms with Crippen molar-refractivity contribution in [1.82, 2.24) is 9.78 Å². The second kappa shape index (κ2) is 13.7. The molecule has 0 aliphatic carbocycles. The third-order valence-electron chi connectivity index (χ3n) is 7.94. The molecule has 3 aromatic carbocycles. The number of nitrogens with zero attached hydrogens (tertiary/aromatic N) is 3. The fraction of sp³-hybridized carbons (Fsp3) is 0.371. The number of benzene rings is 3. The summed E-state index contributed by atoms with van der Waals surface area (Å²) in [5, 5.41) is 9.87. The number of aromatic nitrogens is 2. The molecule has 1 aliphatic rings. The van der Waals surface area contributed by atoms with Gasteiger partial charge in [-0.1, -0.05) is 18.2 Å². The number of hydrogen-bond acceptors (Lipinski definition) is 6. The minimum absolute atomic E-state index is 0.139. The minimum atomic E-state index is -4.59. The lowest BCUT2D eigenvalue weighted by Gasteiger charge is -2.30. The van der Waals surface area contributed by atoms with Crippen molar-refractivity contribution in [3.05, 3.63) is 83.3 Å². The van der Waals surface area contributed by atoms with Crippen LogP contribution in [0, 0.1) is 5.82 Å². The molecule has 13 heteroatoms. The molecule has 2 N–H and O–H groups in total. The van der Waals surface area contributed by atoms with Crippen LogP contribution in [0.3, 0.4) is 0 Å². The van der Waals surface area contributed by atoms with Gasteiger partial charge < -0.3 is 20.3 Å². The molecule has 1 aromatic heterocycles. The first kappa shape index (κ1) is 34.4. The summed E-state index contributed by atoms with van der Waals surface area (Å²) in [7, 11) is 0. The average Bonchev–Trinajstić information content (AvgIpc) is 3.40. The van der Waals surface area contributed by atoms with Gasteiger partial charge in [-0.05, 0) is 95.0 Å². The lowest BCUT2D eigenvalue weighted by Crippen LogP contribution is -2.30. The molecule has 1 fully saturated rings. The Morgan fingerprint density at radius 3 is 2.27 bits per heavy atom. The van der Waals surface area contributed by atoms with Gasteiger partial charge in [0.1, 0.15) is 17.5 Å². The maximum Gasteiger partial charge on any atom is 0.410 e. The number of amides is 2. The molecule has 4 aromatic rings. The van der Waals surface area contributed by atoms with E-state index < -0.39 is 41.4 Å². The van der Waals surface area contributed by atoms with Crippen LogP contribution in [-0.4, -0.2) is 52.4 Å². The molecular formula is C35H37F4N5O4. The number of para-hydroxylation sites is 1. The van der Waals surface area contributed by atoms with Crippen LogP contribution in [0.25, 0.3) is 10.9 Å². The normalized spacial score (nSPS) is 14.5. The zero-order valence-corrected chi connectivity index (χ0v) is 27.1. The summed E-state index contributed by atoms with van der Waals surface area (Å²) in [4.78, 5) is 41.8. The molecule has 1 saturated heterocycles. The van der Waals surface area contributed by atoms with Crippen molar-refractivity contribution >= 4 is 45.7 Å². The van der Waals surface area contributed by atoms with E-state index in [1.54, 1.807) is 45.0 Å². The third kappa shape index (κ3) is 7.95. The van der Waals surface area contributed by atoms with Crippen molar-refractivity contribution in [2.24, 2.45) is 0 Å². The number of carbonyl (C=O) groups is 3. The van der Waals surface area contributed by atoms with Gasteiger partial charge in [-0.25, -0.2) is 4.39 Å². The van der Waals surface area contributed by atoms with Gasteiger partial charge in [-0.2, -0.15) is 18.3 Å². The van der Waals surface area contributed by atoms with Crippen molar-refractivity contribution in [2.45, 2.75) is 71.2 Å². The van der Waals surface area contributed by atoms with E-state index in [1.165, 1.54) is 24.3 Å². The van der Waals surface area contributed by atoms with E-state index in [9.17, 15) is 31.9 Å². The van der Waals surface area contributed by atoms with Crippen molar-refractivity contribution < 1.29 is 36.7 Å². The molecule has 0 saturated carbocycles. The summed E-state index contributed by atoms with van der Waals surface area (Å²) in [5.74, 6) is -2.53. The maximum atomic E-state index is 14.2. The number of alkyl halides is 3. The number of nitrogens with one attached hydrogen (secondary N) is 2. The third-order valence-corrected chi connectivity index (χ3v) is 7.94. The standard InChI is InChI=1S/C35H37F4N5O4/c1-21(35(37,38)39)44-28-11-7-6-10-25(28)31(42-44)33(47)41-27-19-22(12-15-29(27)43-16-8-5-9-17-43)32(46)40-26-14-13-24(36)18-23(26)20-30(45)48-34(2,3)4/h6-7,10-15,18-19,21H,5,8-9,16-17,20H2,1-4H3,(H,40,46)(H,41,47). The van der Waals surface area contributed by atoms with Crippen molar-refractivity contribution in [2.75, 3.05) is 28.6 Å². The Morgan fingerprint density at radius 2 is 1.58 bits per heavy atom. The summed E-state index contributed by atoms with van der Waals surface area (Å²) >= 11 is 0. The lowest BCUT2D eigenvalue weighted by molar-refractivity contribution is -0.164. The van der Waals surface area contributed by atoms with Crippen LogP contribution in [0.5, 0.6) is 0 Å². The van der Waals surface area contributed by atoms with Crippen LogP contribution in [0.2, 0.25) is 0 Å². The summed E-state index contributed by atoms with van der Waals surface area (Å²) in [6.45, 7) is 7.51. The van der Waals surface area contributed by atoms with Gasteiger partial charge >= 0.3 is 12.1 Å². The lowest BCUT2D eigenvalue weighted by atomic mass is 10.1. The number of ether oxygens (including phenoxy) is 1. The van der Waals surface area contributed by atoms with Crippen molar-refractivity contribution in [3.63, 3.8) is 0 Å². The molecule has 1 atom stereocenters. The van der Waals surface area contributed by atoms with E-state index in [-0.39, 0.29) is 45.5 Å². The van der Waals surface area contributed by atoms with Crippen molar-refractivity contribution in [1.29, 1.82) is 0 Å². The second-order valence-corrected chi connectivity index (χ2v) is 12.8. The fourth-order valence-electron chi connectivity index (χ4n) is 5.62. The van der Waals surface area contributed by atoms with Gasteiger partial charge in [0, 0.05) is 29.7 Å². The molecule has 254 valence electrons. The Morgan fingerprint density at radius 1 is 0.896 bits per heavy atom. The quantitative estimate of drug-likeness (QED) is 0.148. The highest BCUT2D eigenvalue weighted by Gasteiger charge is 2.39. The van der Waals surface area contributed by atoms with Crippen molar-refractivity contribution in [3.8, 4) is 0 Å². The topological polar surface area (TPSA) is 106 Å². The number of esters is 1. The van der Waals surface area contributed by atoms with Gasteiger partial charge in [0.25, 0.3) is 11.8 Å². The molecule has 0 radical (unpaired) electrons. The highest BCUT2D eigenvalue weighted by atomic mass is 19.4. The van der Waals surface area contributed by atoms with E-state index in [0.29, 0.717) is 18.8 Å². The Balaban J connectivity index is 1.47. The number of fused-ring (bicyclic) bond motifs is 1.